The Morgan fingerprint density at radius 2 is 1.61 bits per heavy atom. The average molecular weight is 638 g/mol. The van der Waals surface area contributed by atoms with Crippen molar-refractivity contribution in [3.63, 3.8) is 0 Å². The topological polar surface area (TPSA) is 174 Å². The highest BCUT2D eigenvalue weighted by molar-refractivity contribution is 7.80. The van der Waals surface area contributed by atoms with Gasteiger partial charge in [0, 0.05) is 12.6 Å². The molecule has 4 aliphatic rings. The second kappa shape index (κ2) is 14.3. The molecule has 248 valence electrons. The monoisotopic (exact) mass is 637 g/mol. The predicted octanol–water partition coefficient (Wildman–Crippen LogP) is 2.53. The molecule has 12 nitrogen and oxygen atoms in total. The number of Topliss-reactive ketones (excluding diaryl/α,β-unsaturated/α-hetero) is 1. The summed E-state index contributed by atoms with van der Waals surface area (Å²) in [5, 5.41) is 10.6. The zero-order valence-electron chi connectivity index (χ0n) is 26.6. The van der Waals surface area contributed by atoms with Crippen LogP contribution in [-0.4, -0.2) is 84.7 Å². The van der Waals surface area contributed by atoms with E-state index in [0.29, 0.717) is 44.6 Å². The third-order valence-electron chi connectivity index (χ3n) is 9.75. The van der Waals surface area contributed by atoms with Gasteiger partial charge in [-0.25, -0.2) is 9.00 Å². The fourth-order valence-electron chi connectivity index (χ4n) is 6.51. The predicted molar refractivity (Wildman–Crippen MR) is 166 cm³/mol. The highest BCUT2D eigenvalue weighted by atomic mass is 32.2. The SMILES string of the molecule is C[C@H](S(=O)O)C1(NC(=O)N[C@H](C(=O)N2CCC[C@H]2C(=O)NC(CCC2CC2)C(=O)C(=O)NC2CC2)C(C)(C)C)CCCCC1. The maximum Gasteiger partial charge on any atom is 0.315 e. The van der Waals surface area contributed by atoms with Gasteiger partial charge in [0.2, 0.25) is 17.6 Å². The summed E-state index contributed by atoms with van der Waals surface area (Å²) >= 11 is -2.14. The number of carbonyl (C=O) groups is 5. The summed E-state index contributed by atoms with van der Waals surface area (Å²) in [6.45, 7) is 7.45. The molecule has 3 aliphatic carbocycles. The van der Waals surface area contributed by atoms with Crippen molar-refractivity contribution < 1.29 is 32.7 Å². The molecule has 4 fully saturated rings. The van der Waals surface area contributed by atoms with E-state index in [-0.39, 0.29) is 6.04 Å². The summed E-state index contributed by atoms with van der Waals surface area (Å²) in [7, 11) is 0. The van der Waals surface area contributed by atoms with Crippen molar-refractivity contribution in [2.75, 3.05) is 6.54 Å². The van der Waals surface area contributed by atoms with Crippen molar-refractivity contribution in [2.24, 2.45) is 11.3 Å². The summed E-state index contributed by atoms with van der Waals surface area (Å²) < 4.78 is 21.9. The highest BCUT2D eigenvalue weighted by Crippen LogP contribution is 2.35. The number of likely N-dealkylation sites (tertiary alicyclic amines) is 1. The normalized spacial score (nSPS) is 24.4. The van der Waals surface area contributed by atoms with E-state index in [4.69, 9.17) is 0 Å². The van der Waals surface area contributed by atoms with Gasteiger partial charge >= 0.3 is 6.03 Å². The van der Waals surface area contributed by atoms with Crippen molar-refractivity contribution >= 4 is 40.6 Å². The van der Waals surface area contributed by atoms with Crippen molar-refractivity contribution in [2.45, 2.75) is 146 Å². The Morgan fingerprint density at radius 3 is 2.18 bits per heavy atom. The Morgan fingerprint density at radius 1 is 0.955 bits per heavy atom. The highest BCUT2D eigenvalue weighted by Gasteiger charge is 2.45. The van der Waals surface area contributed by atoms with Gasteiger partial charge in [-0.2, -0.15) is 0 Å². The molecule has 5 N–H and O–H groups in total. The van der Waals surface area contributed by atoms with Gasteiger partial charge in [-0.05, 0) is 69.6 Å². The number of nitrogens with one attached hydrogen (secondary N) is 4. The quantitative estimate of drug-likeness (QED) is 0.152. The summed E-state index contributed by atoms with van der Waals surface area (Å²) in [4.78, 5) is 68.1. The van der Waals surface area contributed by atoms with Crippen LogP contribution in [0, 0.1) is 11.3 Å². The molecule has 1 saturated heterocycles. The molecule has 0 aromatic rings. The van der Waals surface area contributed by atoms with Crippen LogP contribution < -0.4 is 21.3 Å². The maximum atomic E-state index is 14.0. The number of urea groups is 1. The van der Waals surface area contributed by atoms with Gasteiger partial charge in [-0.3, -0.25) is 19.2 Å². The Kier molecular flexibility index (Phi) is 11.1. The first kappa shape index (κ1) is 34.3. The zero-order chi connectivity index (χ0) is 32.2. The fourth-order valence-corrected chi connectivity index (χ4v) is 7.19. The van der Waals surface area contributed by atoms with Crippen LogP contribution in [0.25, 0.3) is 0 Å². The molecule has 5 atom stereocenters. The van der Waals surface area contributed by atoms with Crippen LogP contribution in [0.15, 0.2) is 0 Å². The van der Waals surface area contributed by atoms with Crippen LogP contribution in [0.4, 0.5) is 4.79 Å². The summed E-state index contributed by atoms with van der Waals surface area (Å²) in [5.74, 6) is -1.69. The van der Waals surface area contributed by atoms with Crippen LogP contribution in [0.1, 0.15) is 111 Å². The number of nitrogens with zero attached hydrogens (tertiary/aromatic N) is 1. The van der Waals surface area contributed by atoms with Gasteiger partial charge in [-0.15, -0.1) is 0 Å². The van der Waals surface area contributed by atoms with Gasteiger partial charge in [0.15, 0.2) is 11.1 Å². The van der Waals surface area contributed by atoms with Gasteiger partial charge in [0.05, 0.1) is 16.8 Å². The standard InChI is InChI=1S/C31H51N5O7S/c1-19(44(42)43)31(16-6-5-7-17-31)35-29(41)34-25(30(2,3)4)28(40)36-18-8-9-23(36)26(38)33-22(15-12-20-10-11-20)24(37)27(39)32-21-13-14-21/h19-23,25H,5-18H2,1-4H3,(H,32,39)(H,33,38)(H,42,43)(H2,34,35,41)/t19-,22?,23-,25+/m0/s1. The van der Waals surface area contributed by atoms with Crippen LogP contribution in [-0.2, 0) is 30.3 Å². The molecular formula is C31H51N5O7S. The van der Waals surface area contributed by atoms with E-state index in [0.717, 1.165) is 51.4 Å². The lowest BCUT2D eigenvalue weighted by Gasteiger charge is -2.42. The molecule has 4 rings (SSSR count). The van der Waals surface area contributed by atoms with Crippen molar-refractivity contribution in [3.05, 3.63) is 0 Å². The minimum absolute atomic E-state index is 0.0233. The Bertz CT molecular complexity index is 1130. The maximum absolute atomic E-state index is 14.0. The van der Waals surface area contributed by atoms with E-state index in [2.05, 4.69) is 21.3 Å². The Labute approximate surface area is 263 Å². The smallest absolute Gasteiger partial charge is 0.315 e. The van der Waals surface area contributed by atoms with Crippen LogP contribution in [0.5, 0.6) is 0 Å². The number of hydrogen-bond donors (Lipinski definition) is 5. The number of ketones is 1. The van der Waals surface area contributed by atoms with Gasteiger partial charge < -0.3 is 30.7 Å². The molecule has 0 bridgehead atoms. The van der Waals surface area contributed by atoms with E-state index in [9.17, 15) is 32.7 Å². The number of hydrogen-bond acceptors (Lipinski definition) is 6. The molecule has 1 aliphatic heterocycles. The van der Waals surface area contributed by atoms with E-state index < -0.39 is 74.9 Å². The summed E-state index contributed by atoms with van der Waals surface area (Å²) in [6, 6.07) is -3.34. The first-order valence-electron chi connectivity index (χ1n) is 16.4. The number of amides is 5. The third kappa shape index (κ3) is 8.80. The minimum atomic E-state index is -2.14. The van der Waals surface area contributed by atoms with Gasteiger partial charge in [0.25, 0.3) is 5.91 Å². The largest absolute Gasteiger partial charge is 0.347 e. The first-order chi connectivity index (χ1) is 20.7. The fraction of sp³-hybridized carbons (Fsp3) is 0.839. The lowest BCUT2D eigenvalue weighted by atomic mass is 9.79. The van der Waals surface area contributed by atoms with E-state index >= 15 is 0 Å². The molecule has 0 radical (unpaired) electrons. The molecule has 5 amide bonds. The average Bonchev–Trinajstić information content (AvgIpc) is 3.91. The zero-order valence-corrected chi connectivity index (χ0v) is 27.4. The molecular weight excluding hydrogens is 586 g/mol. The summed E-state index contributed by atoms with van der Waals surface area (Å²) in [6.07, 6.45) is 9.72. The van der Waals surface area contributed by atoms with E-state index in [1.165, 1.54) is 4.90 Å². The van der Waals surface area contributed by atoms with Gasteiger partial charge in [0.1, 0.15) is 12.1 Å². The van der Waals surface area contributed by atoms with Crippen molar-refractivity contribution in [1.82, 2.24) is 26.2 Å². The molecule has 13 heteroatoms. The second-order valence-corrected chi connectivity index (χ2v) is 15.7. The van der Waals surface area contributed by atoms with Crippen molar-refractivity contribution in [3.8, 4) is 0 Å². The molecule has 0 aromatic carbocycles. The lowest BCUT2D eigenvalue weighted by Crippen LogP contribution is -2.64. The number of carbonyl (C=O) groups excluding carboxylic acids is 5. The molecule has 0 spiro atoms. The van der Waals surface area contributed by atoms with Crippen LogP contribution in [0.2, 0.25) is 0 Å². The molecule has 3 saturated carbocycles. The second-order valence-electron chi connectivity index (χ2n) is 14.4. The van der Waals surface area contributed by atoms with E-state index in [1.54, 1.807) is 6.92 Å². The van der Waals surface area contributed by atoms with Crippen LogP contribution in [0.3, 0.4) is 0 Å². The molecule has 44 heavy (non-hydrogen) atoms. The Balaban J connectivity index is 1.44. The minimum Gasteiger partial charge on any atom is -0.347 e. The number of rotatable bonds is 13. The molecule has 2 unspecified atom stereocenters. The van der Waals surface area contributed by atoms with Crippen molar-refractivity contribution in [1.29, 1.82) is 0 Å². The Hall–Kier alpha value is -2.54. The van der Waals surface area contributed by atoms with E-state index in [1.807, 2.05) is 20.8 Å². The first-order valence-corrected chi connectivity index (χ1v) is 17.5. The lowest BCUT2D eigenvalue weighted by molar-refractivity contribution is -0.143. The third-order valence-corrected chi connectivity index (χ3v) is 10.8. The van der Waals surface area contributed by atoms with Gasteiger partial charge in [-0.1, -0.05) is 52.9 Å². The molecule has 0 aromatic heterocycles. The summed E-state index contributed by atoms with van der Waals surface area (Å²) in [5.41, 5.74) is -1.58. The molecule has 1 heterocycles. The van der Waals surface area contributed by atoms with Crippen LogP contribution >= 0.6 is 0 Å².